The normalized spacial score (nSPS) is 20.2. The van der Waals surface area contributed by atoms with Gasteiger partial charge in [0.25, 0.3) is 0 Å². The first-order valence-corrected chi connectivity index (χ1v) is 5.19. The number of hydrogen-bond acceptors (Lipinski definition) is 2. The van der Waals surface area contributed by atoms with E-state index >= 15 is 0 Å². The molecule has 0 unspecified atom stereocenters. The highest BCUT2D eigenvalue weighted by Crippen LogP contribution is 2.19. The van der Waals surface area contributed by atoms with Crippen LogP contribution in [0.25, 0.3) is 0 Å². The zero-order chi connectivity index (χ0) is 9.68. The Balaban J connectivity index is 2.21. The maximum absolute atomic E-state index is 11.1. The van der Waals surface area contributed by atoms with E-state index in [1.54, 1.807) is 7.05 Å². The van der Waals surface area contributed by atoms with Crippen LogP contribution in [0.5, 0.6) is 0 Å². The summed E-state index contributed by atoms with van der Waals surface area (Å²) in [6, 6.07) is 0. The lowest BCUT2D eigenvalue weighted by molar-refractivity contribution is -0.122. The molecule has 1 heterocycles. The summed E-state index contributed by atoms with van der Waals surface area (Å²) in [5.74, 6) is 1.02. The lowest BCUT2D eigenvalue weighted by Crippen LogP contribution is -2.40. The first kappa shape index (κ1) is 10.5. The fourth-order valence-corrected chi connectivity index (χ4v) is 1.83. The second kappa shape index (κ2) is 5.22. The third-order valence-corrected chi connectivity index (χ3v) is 2.93. The molecule has 0 radical (unpaired) electrons. The van der Waals surface area contributed by atoms with Crippen molar-refractivity contribution >= 4 is 5.91 Å². The Morgan fingerprint density at radius 2 is 2.08 bits per heavy atom. The summed E-state index contributed by atoms with van der Waals surface area (Å²) in [6.45, 7) is 5.00. The lowest BCUT2D eigenvalue weighted by Gasteiger charge is -2.30. The van der Waals surface area contributed by atoms with Crippen LogP contribution in [0.4, 0.5) is 0 Å². The molecule has 1 N–H and O–H groups in total. The molecule has 3 heteroatoms. The molecule has 1 amide bonds. The average Bonchev–Trinajstić information content (AvgIpc) is 2.19. The molecule has 1 rings (SSSR count). The van der Waals surface area contributed by atoms with Crippen molar-refractivity contribution in [2.24, 2.45) is 5.92 Å². The van der Waals surface area contributed by atoms with Crippen LogP contribution in [0.3, 0.4) is 0 Å². The van der Waals surface area contributed by atoms with Gasteiger partial charge >= 0.3 is 0 Å². The quantitative estimate of drug-likeness (QED) is 0.705. The SMILES string of the molecule is CCC1CCN(CC(=O)NC)CC1. The minimum absolute atomic E-state index is 0.134. The standard InChI is InChI=1S/C10H20N2O/c1-3-9-4-6-12(7-5-9)8-10(13)11-2/h9H,3-8H2,1-2H3,(H,11,13). The minimum atomic E-state index is 0.134. The summed E-state index contributed by atoms with van der Waals surface area (Å²) in [5.41, 5.74) is 0. The van der Waals surface area contributed by atoms with Crippen molar-refractivity contribution in [3.8, 4) is 0 Å². The highest BCUT2D eigenvalue weighted by Gasteiger charge is 2.18. The summed E-state index contributed by atoms with van der Waals surface area (Å²) in [7, 11) is 1.70. The van der Waals surface area contributed by atoms with E-state index in [0.29, 0.717) is 6.54 Å². The van der Waals surface area contributed by atoms with Crippen molar-refractivity contribution in [1.82, 2.24) is 10.2 Å². The molecule has 0 spiro atoms. The van der Waals surface area contributed by atoms with Crippen molar-refractivity contribution in [3.05, 3.63) is 0 Å². The van der Waals surface area contributed by atoms with Crippen LogP contribution in [0.2, 0.25) is 0 Å². The van der Waals surface area contributed by atoms with Crippen LogP contribution >= 0.6 is 0 Å². The van der Waals surface area contributed by atoms with Crippen LogP contribution in [-0.2, 0) is 4.79 Å². The van der Waals surface area contributed by atoms with Gasteiger partial charge < -0.3 is 5.32 Å². The Bertz CT molecular complexity index is 162. The zero-order valence-corrected chi connectivity index (χ0v) is 8.68. The molecule has 0 aromatic heterocycles. The fraction of sp³-hybridized carbons (Fsp3) is 0.900. The van der Waals surface area contributed by atoms with Crippen LogP contribution < -0.4 is 5.32 Å². The predicted molar refractivity (Wildman–Crippen MR) is 53.5 cm³/mol. The maximum atomic E-state index is 11.1. The highest BCUT2D eigenvalue weighted by atomic mass is 16.1. The van der Waals surface area contributed by atoms with Gasteiger partial charge in [-0.25, -0.2) is 0 Å². The van der Waals surface area contributed by atoms with Crippen molar-refractivity contribution in [3.63, 3.8) is 0 Å². The van der Waals surface area contributed by atoms with Crippen LogP contribution in [-0.4, -0.2) is 37.5 Å². The molecular formula is C10H20N2O. The molecule has 1 fully saturated rings. The van der Waals surface area contributed by atoms with E-state index in [2.05, 4.69) is 17.1 Å². The van der Waals surface area contributed by atoms with E-state index in [9.17, 15) is 4.79 Å². The first-order valence-electron chi connectivity index (χ1n) is 5.19. The third kappa shape index (κ3) is 3.35. The molecule has 1 saturated heterocycles. The molecule has 1 aliphatic heterocycles. The van der Waals surface area contributed by atoms with Crippen LogP contribution in [0.15, 0.2) is 0 Å². The lowest BCUT2D eigenvalue weighted by atomic mass is 9.94. The molecule has 76 valence electrons. The Kier molecular flexibility index (Phi) is 4.22. The smallest absolute Gasteiger partial charge is 0.233 e. The molecule has 3 nitrogen and oxygen atoms in total. The van der Waals surface area contributed by atoms with Gasteiger partial charge in [-0.15, -0.1) is 0 Å². The van der Waals surface area contributed by atoms with Crippen LogP contribution in [0.1, 0.15) is 26.2 Å². The first-order chi connectivity index (χ1) is 6.26. The molecular weight excluding hydrogens is 164 g/mol. The molecule has 1 aliphatic rings. The van der Waals surface area contributed by atoms with Gasteiger partial charge in [0.1, 0.15) is 0 Å². The molecule has 0 atom stereocenters. The van der Waals surface area contributed by atoms with Crippen molar-refractivity contribution in [2.75, 3.05) is 26.7 Å². The molecule has 13 heavy (non-hydrogen) atoms. The number of rotatable bonds is 3. The maximum Gasteiger partial charge on any atom is 0.233 e. The summed E-state index contributed by atoms with van der Waals surface area (Å²) < 4.78 is 0. The number of nitrogens with one attached hydrogen (secondary N) is 1. The number of carbonyl (C=O) groups is 1. The number of likely N-dealkylation sites (tertiary alicyclic amines) is 1. The Labute approximate surface area is 80.5 Å². The Morgan fingerprint density at radius 1 is 1.46 bits per heavy atom. The molecule has 0 aliphatic carbocycles. The van der Waals surface area contributed by atoms with Gasteiger partial charge in [-0.2, -0.15) is 0 Å². The van der Waals surface area contributed by atoms with Crippen molar-refractivity contribution in [1.29, 1.82) is 0 Å². The molecule has 0 bridgehead atoms. The fourth-order valence-electron chi connectivity index (χ4n) is 1.83. The Morgan fingerprint density at radius 3 is 2.54 bits per heavy atom. The number of nitrogens with zero attached hydrogens (tertiary/aromatic N) is 1. The van der Waals surface area contributed by atoms with Gasteiger partial charge in [-0.1, -0.05) is 13.3 Å². The van der Waals surface area contributed by atoms with Crippen molar-refractivity contribution in [2.45, 2.75) is 26.2 Å². The van der Waals surface area contributed by atoms with E-state index in [-0.39, 0.29) is 5.91 Å². The van der Waals surface area contributed by atoms with Crippen molar-refractivity contribution < 1.29 is 4.79 Å². The topological polar surface area (TPSA) is 32.3 Å². The number of likely N-dealkylation sites (N-methyl/N-ethyl adjacent to an activating group) is 1. The Hall–Kier alpha value is -0.570. The van der Waals surface area contributed by atoms with E-state index in [4.69, 9.17) is 0 Å². The summed E-state index contributed by atoms with van der Waals surface area (Å²) in [4.78, 5) is 13.3. The highest BCUT2D eigenvalue weighted by molar-refractivity contribution is 5.77. The van der Waals surface area contributed by atoms with Gasteiger partial charge in [0.15, 0.2) is 0 Å². The summed E-state index contributed by atoms with van der Waals surface area (Å²) in [5, 5.41) is 2.66. The third-order valence-electron chi connectivity index (χ3n) is 2.93. The minimum Gasteiger partial charge on any atom is -0.358 e. The van der Waals surface area contributed by atoms with E-state index in [0.717, 1.165) is 19.0 Å². The largest absolute Gasteiger partial charge is 0.358 e. The molecule has 0 aromatic carbocycles. The zero-order valence-electron chi connectivity index (χ0n) is 8.68. The predicted octanol–water partition coefficient (Wildman–Crippen LogP) is 0.854. The van der Waals surface area contributed by atoms with Gasteiger partial charge in [0.05, 0.1) is 6.54 Å². The monoisotopic (exact) mass is 184 g/mol. The number of carbonyl (C=O) groups excluding carboxylic acids is 1. The summed E-state index contributed by atoms with van der Waals surface area (Å²) >= 11 is 0. The second-order valence-corrected chi connectivity index (χ2v) is 3.80. The van der Waals surface area contributed by atoms with Gasteiger partial charge in [-0.3, -0.25) is 9.69 Å². The number of amides is 1. The van der Waals surface area contributed by atoms with E-state index in [1.807, 2.05) is 0 Å². The van der Waals surface area contributed by atoms with E-state index < -0.39 is 0 Å². The second-order valence-electron chi connectivity index (χ2n) is 3.80. The molecule has 0 aromatic rings. The van der Waals surface area contributed by atoms with Gasteiger partial charge in [-0.05, 0) is 31.8 Å². The summed E-state index contributed by atoms with van der Waals surface area (Å²) in [6.07, 6.45) is 3.80. The van der Waals surface area contributed by atoms with Gasteiger partial charge in [0, 0.05) is 7.05 Å². The van der Waals surface area contributed by atoms with E-state index in [1.165, 1.54) is 19.3 Å². The number of hydrogen-bond donors (Lipinski definition) is 1. The average molecular weight is 184 g/mol. The van der Waals surface area contributed by atoms with Crippen LogP contribution in [0, 0.1) is 5.92 Å². The van der Waals surface area contributed by atoms with Gasteiger partial charge in [0.2, 0.25) is 5.91 Å². The molecule has 0 saturated carbocycles. The number of piperidine rings is 1.